The fraction of sp³-hybridized carbons (Fsp3) is 0.500. The first-order valence-electron chi connectivity index (χ1n) is 7.40. The number of carbonyl (C=O) groups is 1. The van der Waals surface area contributed by atoms with Crippen LogP contribution in [0.4, 0.5) is 5.69 Å². The third kappa shape index (κ3) is 4.03. The number of rotatable bonds is 4. The van der Waals surface area contributed by atoms with E-state index in [-0.39, 0.29) is 11.9 Å². The van der Waals surface area contributed by atoms with Crippen LogP contribution in [-0.4, -0.2) is 36.0 Å². The van der Waals surface area contributed by atoms with Gasteiger partial charge < -0.3 is 11.1 Å². The fourth-order valence-electron chi connectivity index (χ4n) is 2.91. The number of likely N-dealkylation sites (tertiary alicyclic amines) is 1. The zero-order valence-corrected chi connectivity index (χ0v) is 12.4. The fourth-order valence-corrected chi connectivity index (χ4v) is 2.91. The smallest absolute Gasteiger partial charge is 0.238 e. The van der Waals surface area contributed by atoms with Gasteiger partial charge in [-0.1, -0.05) is 12.5 Å². The molecule has 1 amide bonds. The van der Waals surface area contributed by atoms with Crippen molar-refractivity contribution < 1.29 is 4.79 Å². The Balaban J connectivity index is 1.98. The van der Waals surface area contributed by atoms with Crippen molar-refractivity contribution in [1.82, 2.24) is 4.90 Å². The van der Waals surface area contributed by atoms with Crippen LogP contribution < -0.4 is 11.1 Å². The van der Waals surface area contributed by atoms with Gasteiger partial charge in [-0.3, -0.25) is 9.69 Å². The summed E-state index contributed by atoms with van der Waals surface area (Å²) in [4.78, 5) is 14.4. The Kier molecular flexibility index (Phi) is 5.32. The summed E-state index contributed by atoms with van der Waals surface area (Å²) in [7, 11) is 0. The highest BCUT2D eigenvalue weighted by molar-refractivity contribution is 5.92. The van der Waals surface area contributed by atoms with Crippen molar-refractivity contribution >= 4 is 11.6 Å². The van der Waals surface area contributed by atoms with E-state index in [9.17, 15) is 4.79 Å². The molecule has 1 fully saturated rings. The van der Waals surface area contributed by atoms with E-state index >= 15 is 0 Å². The molecular weight excluding hydrogens is 264 g/mol. The maximum atomic E-state index is 12.2. The van der Waals surface area contributed by atoms with Crippen molar-refractivity contribution in [1.29, 1.82) is 5.26 Å². The van der Waals surface area contributed by atoms with Crippen LogP contribution in [0.25, 0.3) is 0 Å². The van der Waals surface area contributed by atoms with E-state index in [1.54, 1.807) is 24.3 Å². The summed E-state index contributed by atoms with van der Waals surface area (Å²) in [6.45, 7) is 3.08. The Morgan fingerprint density at radius 1 is 1.52 bits per heavy atom. The number of nitrogens with two attached hydrogens (primary N) is 1. The number of nitriles is 1. The number of hydrogen-bond acceptors (Lipinski definition) is 4. The van der Waals surface area contributed by atoms with E-state index in [0.717, 1.165) is 12.8 Å². The number of nitrogens with zero attached hydrogens (tertiary/aromatic N) is 2. The molecule has 1 aromatic carbocycles. The van der Waals surface area contributed by atoms with Gasteiger partial charge in [-0.2, -0.15) is 5.26 Å². The minimum atomic E-state index is -0.0581. The third-order valence-corrected chi connectivity index (χ3v) is 4.07. The lowest BCUT2D eigenvalue weighted by atomic mass is 9.96. The lowest BCUT2D eigenvalue weighted by molar-refractivity contribution is -0.118. The van der Waals surface area contributed by atoms with Gasteiger partial charge in [0.15, 0.2) is 0 Å². The number of nitrogens with one attached hydrogen (secondary N) is 1. The van der Waals surface area contributed by atoms with Gasteiger partial charge in [-0.15, -0.1) is 0 Å². The summed E-state index contributed by atoms with van der Waals surface area (Å²) in [5.74, 6) is -0.0581. The number of hydrogen-bond donors (Lipinski definition) is 2. The zero-order valence-electron chi connectivity index (χ0n) is 12.4. The molecule has 21 heavy (non-hydrogen) atoms. The third-order valence-electron chi connectivity index (χ3n) is 4.07. The Morgan fingerprint density at radius 2 is 2.33 bits per heavy atom. The minimum absolute atomic E-state index is 0.0581. The SMILES string of the molecule is CC1CCCC(CN)N1CC(=O)Nc1cccc(C#N)c1. The van der Waals surface area contributed by atoms with Crippen molar-refractivity contribution in [2.24, 2.45) is 5.73 Å². The van der Waals surface area contributed by atoms with Crippen LogP contribution in [0.3, 0.4) is 0 Å². The molecular formula is C16H22N4O. The van der Waals surface area contributed by atoms with Crippen LogP contribution in [0.1, 0.15) is 31.7 Å². The number of piperidine rings is 1. The predicted octanol–water partition coefficient (Wildman–Crippen LogP) is 1.70. The number of amides is 1. The van der Waals surface area contributed by atoms with Gasteiger partial charge >= 0.3 is 0 Å². The van der Waals surface area contributed by atoms with Gasteiger partial charge in [0.25, 0.3) is 0 Å². The summed E-state index contributed by atoms with van der Waals surface area (Å²) >= 11 is 0. The number of anilines is 1. The van der Waals surface area contributed by atoms with E-state index in [1.165, 1.54) is 6.42 Å². The maximum Gasteiger partial charge on any atom is 0.238 e. The van der Waals surface area contributed by atoms with Crippen molar-refractivity contribution in [3.05, 3.63) is 29.8 Å². The topological polar surface area (TPSA) is 82.2 Å². The Hall–Kier alpha value is -1.90. The van der Waals surface area contributed by atoms with Crippen LogP contribution in [0.15, 0.2) is 24.3 Å². The van der Waals surface area contributed by atoms with E-state index in [1.807, 2.05) is 0 Å². The first-order valence-corrected chi connectivity index (χ1v) is 7.40. The molecule has 1 aliphatic heterocycles. The van der Waals surface area contributed by atoms with Gasteiger partial charge in [0.2, 0.25) is 5.91 Å². The monoisotopic (exact) mass is 286 g/mol. The molecule has 0 aliphatic carbocycles. The van der Waals surface area contributed by atoms with Gasteiger partial charge in [-0.25, -0.2) is 0 Å². The highest BCUT2D eigenvalue weighted by atomic mass is 16.2. The predicted molar refractivity (Wildman–Crippen MR) is 82.6 cm³/mol. The average Bonchev–Trinajstić information content (AvgIpc) is 2.49. The maximum absolute atomic E-state index is 12.2. The summed E-state index contributed by atoms with van der Waals surface area (Å²) in [6, 6.07) is 9.68. The summed E-state index contributed by atoms with van der Waals surface area (Å²) in [5, 5.41) is 11.7. The minimum Gasteiger partial charge on any atom is -0.329 e. The molecule has 0 bridgehead atoms. The first kappa shape index (κ1) is 15.5. The highest BCUT2D eigenvalue weighted by Crippen LogP contribution is 2.22. The largest absolute Gasteiger partial charge is 0.329 e. The molecule has 0 aromatic heterocycles. The molecule has 3 N–H and O–H groups in total. The van der Waals surface area contributed by atoms with E-state index in [2.05, 4.69) is 23.2 Å². The van der Waals surface area contributed by atoms with Gasteiger partial charge in [0.05, 0.1) is 18.2 Å². The lowest BCUT2D eigenvalue weighted by Crippen LogP contribution is -2.51. The second kappa shape index (κ2) is 7.21. The first-order chi connectivity index (χ1) is 10.1. The van der Waals surface area contributed by atoms with E-state index < -0.39 is 0 Å². The summed E-state index contributed by atoms with van der Waals surface area (Å²) < 4.78 is 0. The molecule has 1 heterocycles. The molecule has 0 spiro atoms. The Bertz CT molecular complexity index is 537. The van der Waals surface area contributed by atoms with Crippen LogP contribution in [0.5, 0.6) is 0 Å². The average molecular weight is 286 g/mol. The Labute approximate surface area is 125 Å². The summed E-state index contributed by atoms with van der Waals surface area (Å²) in [5.41, 5.74) is 7.01. The molecule has 0 saturated carbocycles. The number of carbonyl (C=O) groups excluding carboxylic acids is 1. The molecule has 1 aromatic rings. The van der Waals surface area contributed by atoms with Crippen LogP contribution in [0, 0.1) is 11.3 Å². The van der Waals surface area contributed by atoms with Crippen molar-refractivity contribution in [2.45, 2.75) is 38.3 Å². The van der Waals surface area contributed by atoms with E-state index in [0.29, 0.717) is 30.4 Å². The van der Waals surface area contributed by atoms with Crippen molar-refractivity contribution in [3.8, 4) is 6.07 Å². The van der Waals surface area contributed by atoms with Gasteiger partial charge in [-0.05, 0) is 38.0 Å². The molecule has 5 nitrogen and oxygen atoms in total. The standard InChI is InChI=1S/C16H22N4O/c1-12-4-2-7-15(10-18)20(12)11-16(21)19-14-6-3-5-13(8-14)9-17/h3,5-6,8,12,15H,2,4,7,10-11,18H2,1H3,(H,19,21). The second-order valence-corrected chi connectivity index (χ2v) is 5.58. The molecule has 1 aliphatic rings. The van der Waals surface area contributed by atoms with Crippen LogP contribution >= 0.6 is 0 Å². The van der Waals surface area contributed by atoms with E-state index in [4.69, 9.17) is 11.0 Å². The number of benzene rings is 1. The molecule has 2 unspecified atom stereocenters. The van der Waals surface area contributed by atoms with Gasteiger partial charge in [0.1, 0.15) is 0 Å². The lowest BCUT2D eigenvalue weighted by Gasteiger charge is -2.39. The Morgan fingerprint density at radius 3 is 3.05 bits per heavy atom. The van der Waals surface area contributed by atoms with Gasteiger partial charge in [0, 0.05) is 24.3 Å². The van der Waals surface area contributed by atoms with Crippen molar-refractivity contribution in [2.75, 3.05) is 18.4 Å². The van der Waals surface area contributed by atoms with Crippen LogP contribution in [0.2, 0.25) is 0 Å². The molecule has 0 radical (unpaired) electrons. The zero-order chi connectivity index (χ0) is 15.2. The molecule has 112 valence electrons. The van der Waals surface area contributed by atoms with Crippen molar-refractivity contribution in [3.63, 3.8) is 0 Å². The molecule has 1 saturated heterocycles. The molecule has 2 rings (SSSR count). The molecule has 5 heteroatoms. The van der Waals surface area contributed by atoms with Crippen LogP contribution in [-0.2, 0) is 4.79 Å². The second-order valence-electron chi connectivity index (χ2n) is 5.58. The molecule has 2 atom stereocenters. The normalized spacial score (nSPS) is 22.5. The highest BCUT2D eigenvalue weighted by Gasteiger charge is 2.28. The summed E-state index contributed by atoms with van der Waals surface area (Å²) in [6.07, 6.45) is 3.33. The quantitative estimate of drug-likeness (QED) is 0.882.